The fourth-order valence-corrected chi connectivity index (χ4v) is 2.61. The molecule has 100 valence electrons. The molecule has 0 bridgehead atoms. The Balaban J connectivity index is 2.26. The standard InChI is InChI=1S/C14H22N2O2/c1-10-7-12(8-11(2)14(10)18)13(9-17)16-5-3-15-4-6-16/h7-8,13,15,17-18H,3-6,9H2,1-2H3/t13-/m1/s1. The van der Waals surface area contributed by atoms with E-state index in [4.69, 9.17) is 0 Å². The summed E-state index contributed by atoms with van der Waals surface area (Å²) in [7, 11) is 0. The summed E-state index contributed by atoms with van der Waals surface area (Å²) in [6, 6.07) is 3.99. The summed E-state index contributed by atoms with van der Waals surface area (Å²) in [5, 5.41) is 22.8. The molecule has 1 heterocycles. The Morgan fingerprint density at radius 3 is 2.28 bits per heavy atom. The summed E-state index contributed by atoms with van der Waals surface area (Å²) >= 11 is 0. The number of phenolic OH excluding ortho intramolecular Hbond substituents is 1. The van der Waals surface area contributed by atoms with E-state index in [-0.39, 0.29) is 12.6 Å². The van der Waals surface area contributed by atoms with Crippen LogP contribution < -0.4 is 5.32 Å². The minimum Gasteiger partial charge on any atom is -0.507 e. The van der Waals surface area contributed by atoms with Gasteiger partial charge in [0.1, 0.15) is 5.75 Å². The Morgan fingerprint density at radius 2 is 1.78 bits per heavy atom. The first-order valence-corrected chi connectivity index (χ1v) is 6.49. The van der Waals surface area contributed by atoms with Crippen molar-refractivity contribution in [2.45, 2.75) is 19.9 Å². The Morgan fingerprint density at radius 1 is 1.22 bits per heavy atom. The molecule has 1 saturated heterocycles. The van der Waals surface area contributed by atoms with Crippen molar-refractivity contribution in [3.8, 4) is 5.75 Å². The minimum atomic E-state index is 0.0325. The molecule has 2 rings (SSSR count). The lowest BCUT2D eigenvalue weighted by Gasteiger charge is -2.34. The van der Waals surface area contributed by atoms with E-state index in [0.717, 1.165) is 42.9 Å². The summed E-state index contributed by atoms with van der Waals surface area (Å²) in [5.74, 6) is 0.357. The molecule has 3 N–H and O–H groups in total. The van der Waals surface area contributed by atoms with Crippen LogP contribution >= 0.6 is 0 Å². The lowest BCUT2D eigenvalue weighted by atomic mass is 9.99. The van der Waals surface area contributed by atoms with Gasteiger partial charge in [0.15, 0.2) is 0 Å². The van der Waals surface area contributed by atoms with Gasteiger partial charge in [-0.15, -0.1) is 0 Å². The summed E-state index contributed by atoms with van der Waals surface area (Å²) in [6.07, 6.45) is 0. The number of aryl methyl sites for hydroxylation is 2. The van der Waals surface area contributed by atoms with Crippen LogP contribution in [-0.2, 0) is 0 Å². The van der Waals surface area contributed by atoms with Gasteiger partial charge in [-0.05, 0) is 30.5 Å². The van der Waals surface area contributed by atoms with Crippen LogP contribution in [0.3, 0.4) is 0 Å². The molecule has 0 unspecified atom stereocenters. The highest BCUT2D eigenvalue weighted by Crippen LogP contribution is 2.28. The first-order valence-electron chi connectivity index (χ1n) is 6.49. The fraction of sp³-hybridized carbons (Fsp3) is 0.571. The van der Waals surface area contributed by atoms with Gasteiger partial charge in [-0.25, -0.2) is 0 Å². The summed E-state index contributed by atoms with van der Waals surface area (Å²) in [4.78, 5) is 2.29. The van der Waals surface area contributed by atoms with Gasteiger partial charge in [-0.1, -0.05) is 12.1 Å². The highest BCUT2D eigenvalue weighted by Gasteiger charge is 2.22. The van der Waals surface area contributed by atoms with E-state index < -0.39 is 0 Å². The average molecular weight is 250 g/mol. The monoisotopic (exact) mass is 250 g/mol. The molecule has 1 aliphatic heterocycles. The quantitative estimate of drug-likeness (QED) is 0.747. The van der Waals surface area contributed by atoms with Crippen molar-refractivity contribution >= 4 is 0 Å². The normalized spacial score (nSPS) is 18.8. The van der Waals surface area contributed by atoms with Gasteiger partial charge < -0.3 is 15.5 Å². The van der Waals surface area contributed by atoms with E-state index in [2.05, 4.69) is 10.2 Å². The van der Waals surface area contributed by atoms with Gasteiger partial charge >= 0.3 is 0 Å². The number of hydrogen-bond donors (Lipinski definition) is 3. The number of hydrogen-bond acceptors (Lipinski definition) is 4. The fourth-order valence-electron chi connectivity index (χ4n) is 2.61. The largest absolute Gasteiger partial charge is 0.507 e. The number of nitrogens with one attached hydrogen (secondary N) is 1. The predicted molar refractivity (Wildman–Crippen MR) is 71.9 cm³/mol. The summed E-state index contributed by atoms with van der Waals surface area (Å²) < 4.78 is 0. The van der Waals surface area contributed by atoms with Crippen molar-refractivity contribution < 1.29 is 10.2 Å². The van der Waals surface area contributed by atoms with Gasteiger partial charge in [0, 0.05) is 26.2 Å². The van der Waals surface area contributed by atoms with Crippen LogP contribution in [-0.4, -0.2) is 47.9 Å². The highest BCUT2D eigenvalue weighted by atomic mass is 16.3. The molecule has 1 atom stereocenters. The van der Waals surface area contributed by atoms with Gasteiger partial charge in [-0.3, -0.25) is 4.90 Å². The van der Waals surface area contributed by atoms with Crippen LogP contribution in [0.2, 0.25) is 0 Å². The van der Waals surface area contributed by atoms with Crippen molar-refractivity contribution in [1.29, 1.82) is 0 Å². The lowest BCUT2D eigenvalue weighted by molar-refractivity contribution is 0.110. The Kier molecular flexibility index (Phi) is 4.22. The zero-order valence-corrected chi connectivity index (χ0v) is 11.1. The molecule has 1 aromatic rings. The van der Waals surface area contributed by atoms with Crippen LogP contribution in [0.25, 0.3) is 0 Å². The number of piperazine rings is 1. The number of benzene rings is 1. The van der Waals surface area contributed by atoms with Gasteiger partial charge in [0.05, 0.1) is 12.6 Å². The first kappa shape index (κ1) is 13.3. The third kappa shape index (κ3) is 2.66. The second-order valence-electron chi connectivity index (χ2n) is 4.99. The van der Waals surface area contributed by atoms with Crippen molar-refractivity contribution in [3.63, 3.8) is 0 Å². The maximum Gasteiger partial charge on any atom is 0.121 e. The number of aliphatic hydroxyl groups is 1. The summed E-state index contributed by atoms with van der Waals surface area (Å²) in [5.41, 5.74) is 2.84. The smallest absolute Gasteiger partial charge is 0.121 e. The molecule has 4 nitrogen and oxygen atoms in total. The molecule has 0 spiro atoms. The summed E-state index contributed by atoms with van der Waals surface area (Å²) in [6.45, 7) is 7.74. The lowest BCUT2D eigenvalue weighted by Crippen LogP contribution is -2.46. The van der Waals surface area contributed by atoms with E-state index in [1.54, 1.807) is 0 Å². The number of rotatable bonds is 3. The van der Waals surface area contributed by atoms with Crippen molar-refractivity contribution in [3.05, 3.63) is 28.8 Å². The first-order chi connectivity index (χ1) is 8.63. The molecular weight excluding hydrogens is 228 g/mol. The van der Waals surface area contributed by atoms with E-state index in [0.29, 0.717) is 5.75 Å². The van der Waals surface area contributed by atoms with Gasteiger partial charge in [-0.2, -0.15) is 0 Å². The second-order valence-corrected chi connectivity index (χ2v) is 4.99. The Labute approximate surface area is 108 Å². The third-order valence-corrected chi connectivity index (χ3v) is 3.66. The molecule has 1 aliphatic rings. The molecule has 1 aromatic carbocycles. The molecule has 0 radical (unpaired) electrons. The zero-order valence-electron chi connectivity index (χ0n) is 11.1. The van der Waals surface area contributed by atoms with Crippen LogP contribution in [0, 0.1) is 13.8 Å². The van der Waals surface area contributed by atoms with Crippen LogP contribution in [0.5, 0.6) is 5.75 Å². The Hall–Kier alpha value is -1.10. The molecule has 0 aromatic heterocycles. The van der Waals surface area contributed by atoms with Gasteiger partial charge in [0.2, 0.25) is 0 Å². The van der Waals surface area contributed by atoms with E-state index >= 15 is 0 Å². The number of aromatic hydroxyl groups is 1. The molecule has 4 heteroatoms. The molecule has 18 heavy (non-hydrogen) atoms. The number of aliphatic hydroxyl groups excluding tert-OH is 1. The average Bonchev–Trinajstić information content (AvgIpc) is 2.38. The van der Waals surface area contributed by atoms with Crippen molar-refractivity contribution in [2.75, 3.05) is 32.8 Å². The van der Waals surface area contributed by atoms with Crippen molar-refractivity contribution in [2.24, 2.45) is 0 Å². The molecule has 1 fully saturated rings. The number of phenols is 1. The maximum absolute atomic E-state index is 9.81. The topological polar surface area (TPSA) is 55.7 Å². The zero-order chi connectivity index (χ0) is 13.1. The molecule has 0 amide bonds. The van der Waals surface area contributed by atoms with Crippen LogP contribution in [0.1, 0.15) is 22.7 Å². The van der Waals surface area contributed by atoms with E-state index in [1.165, 1.54) is 0 Å². The SMILES string of the molecule is Cc1cc([C@@H](CO)N2CCNCC2)cc(C)c1O. The Bertz CT molecular complexity index is 391. The minimum absolute atomic E-state index is 0.0325. The molecule has 0 aliphatic carbocycles. The second kappa shape index (κ2) is 5.69. The third-order valence-electron chi connectivity index (χ3n) is 3.66. The number of nitrogens with zero attached hydrogens (tertiary/aromatic N) is 1. The van der Waals surface area contributed by atoms with E-state index in [1.807, 2.05) is 26.0 Å². The van der Waals surface area contributed by atoms with Gasteiger partial charge in [0.25, 0.3) is 0 Å². The van der Waals surface area contributed by atoms with Crippen molar-refractivity contribution in [1.82, 2.24) is 10.2 Å². The maximum atomic E-state index is 9.81. The van der Waals surface area contributed by atoms with Crippen LogP contribution in [0.4, 0.5) is 0 Å². The van der Waals surface area contributed by atoms with Crippen LogP contribution in [0.15, 0.2) is 12.1 Å². The van der Waals surface area contributed by atoms with E-state index in [9.17, 15) is 10.2 Å². The highest BCUT2D eigenvalue weighted by molar-refractivity contribution is 5.43. The predicted octanol–water partition coefficient (Wildman–Crippen LogP) is 0.948. The molecule has 0 saturated carbocycles. The molecular formula is C14H22N2O2.